The fourth-order valence-electron chi connectivity index (χ4n) is 5.19. The monoisotopic (exact) mass is 484 g/mol. The molecule has 36 heavy (non-hydrogen) atoms. The number of aryl methyl sites for hydroxylation is 1. The number of rotatable bonds is 10. The van der Waals surface area contributed by atoms with E-state index in [1.54, 1.807) is 0 Å². The van der Waals surface area contributed by atoms with Crippen molar-refractivity contribution in [2.75, 3.05) is 0 Å². The molecule has 4 aromatic rings. The highest BCUT2D eigenvalue weighted by Crippen LogP contribution is 2.33. The Hall–Kier alpha value is -3.39. The molecule has 0 unspecified atom stereocenters. The van der Waals surface area contributed by atoms with E-state index < -0.39 is 0 Å². The zero-order valence-electron chi connectivity index (χ0n) is 21.1. The SMILES string of the molecule is CCCCCCc1nc(C2CCC(N)CC2)n(Cc2ccc(-c3ccccc3-c3nnn[nH]3)cc2)n1. The number of nitrogens with two attached hydrogens (primary N) is 1. The number of aromatic amines is 1. The number of H-pyrrole nitrogens is 1. The van der Waals surface area contributed by atoms with Crippen molar-refractivity contribution in [3.63, 3.8) is 0 Å². The van der Waals surface area contributed by atoms with Crippen LogP contribution in [-0.2, 0) is 13.0 Å². The molecule has 2 aromatic heterocycles. The second-order valence-electron chi connectivity index (χ2n) is 9.96. The topological polar surface area (TPSA) is 111 Å². The lowest BCUT2D eigenvalue weighted by molar-refractivity contribution is 0.374. The first-order valence-corrected chi connectivity index (χ1v) is 13.3. The number of aromatic nitrogens is 7. The molecule has 0 atom stereocenters. The van der Waals surface area contributed by atoms with Crippen molar-refractivity contribution >= 4 is 0 Å². The minimum Gasteiger partial charge on any atom is -0.328 e. The van der Waals surface area contributed by atoms with Crippen LogP contribution in [0, 0.1) is 0 Å². The van der Waals surface area contributed by atoms with Gasteiger partial charge in [-0.15, -0.1) is 5.10 Å². The molecule has 0 saturated heterocycles. The van der Waals surface area contributed by atoms with E-state index in [2.05, 4.69) is 62.6 Å². The Morgan fingerprint density at radius 2 is 1.72 bits per heavy atom. The maximum atomic E-state index is 6.18. The number of hydrogen-bond acceptors (Lipinski definition) is 6. The van der Waals surface area contributed by atoms with Gasteiger partial charge in [0.2, 0.25) is 0 Å². The lowest BCUT2D eigenvalue weighted by Crippen LogP contribution is -2.27. The van der Waals surface area contributed by atoms with Crippen LogP contribution in [0.4, 0.5) is 0 Å². The van der Waals surface area contributed by atoms with E-state index in [0.29, 0.717) is 17.8 Å². The Balaban J connectivity index is 1.36. The van der Waals surface area contributed by atoms with Crippen molar-refractivity contribution in [3.05, 3.63) is 65.7 Å². The second kappa shape index (κ2) is 11.6. The van der Waals surface area contributed by atoms with Crippen molar-refractivity contribution in [1.82, 2.24) is 35.4 Å². The van der Waals surface area contributed by atoms with Crippen LogP contribution in [0.3, 0.4) is 0 Å². The molecule has 2 heterocycles. The Bertz CT molecular complexity index is 1220. The highest BCUT2D eigenvalue weighted by atomic mass is 15.5. The number of nitrogens with one attached hydrogen (secondary N) is 1. The van der Waals surface area contributed by atoms with Gasteiger partial charge >= 0.3 is 0 Å². The van der Waals surface area contributed by atoms with E-state index in [0.717, 1.165) is 73.4 Å². The molecule has 1 saturated carbocycles. The van der Waals surface area contributed by atoms with Gasteiger partial charge in [0, 0.05) is 23.9 Å². The van der Waals surface area contributed by atoms with E-state index in [4.69, 9.17) is 15.8 Å². The molecule has 1 aliphatic rings. The number of benzene rings is 2. The summed E-state index contributed by atoms with van der Waals surface area (Å²) in [5.74, 6) is 3.24. The molecule has 5 rings (SSSR count). The number of unbranched alkanes of at least 4 members (excludes halogenated alkanes) is 3. The first-order valence-electron chi connectivity index (χ1n) is 13.3. The van der Waals surface area contributed by atoms with Crippen LogP contribution < -0.4 is 5.73 Å². The van der Waals surface area contributed by atoms with Crippen LogP contribution in [0.2, 0.25) is 0 Å². The molecular formula is C28H36N8. The number of tetrazole rings is 1. The molecule has 1 fully saturated rings. The molecule has 188 valence electrons. The number of nitrogens with zero attached hydrogens (tertiary/aromatic N) is 6. The van der Waals surface area contributed by atoms with Crippen LogP contribution in [-0.4, -0.2) is 41.4 Å². The van der Waals surface area contributed by atoms with Crippen molar-refractivity contribution in [2.24, 2.45) is 5.73 Å². The molecular weight excluding hydrogens is 448 g/mol. The van der Waals surface area contributed by atoms with Gasteiger partial charge in [-0.1, -0.05) is 74.7 Å². The van der Waals surface area contributed by atoms with Gasteiger partial charge in [0.1, 0.15) is 5.82 Å². The average molecular weight is 485 g/mol. The minimum atomic E-state index is 0.328. The Morgan fingerprint density at radius 3 is 2.44 bits per heavy atom. The van der Waals surface area contributed by atoms with Gasteiger partial charge in [-0.3, -0.25) is 0 Å². The summed E-state index contributed by atoms with van der Waals surface area (Å²) >= 11 is 0. The summed E-state index contributed by atoms with van der Waals surface area (Å²) in [7, 11) is 0. The Kier molecular flexibility index (Phi) is 7.81. The molecule has 0 aliphatic heterocycles. The summed E-state index contributed by atoms with van der Waals surface area (Å²) in [6, 6.07) is 17.2. The lowest BCUT2D eigenvalue weighted by atomic mass is 9.86. The first-order chi connectivity index (χ1) is 17.7. The molecule has 8 nitrogen and oxygen atoms in total. The summed E-state index contributed by atoms with van der Waals surface area (Å²) in [5.41, 5.74) is 10.6. The highest BCUT2D eigenvalue weighted by molar-refractivity contribution is 5.80. The van der Waals surface area contributed by atoms with Gasteiger partial charge in [-0.05, 0) is 59.2 Å². The molecule has 0 spiro atoms. The standard InChI is InChI=1S/C28H36N8/c1-2-3-4-5-10-26-30-28(22-15-17-23(29)18-16-22)36(33-26)19-20-11-13-21(14-12-20)24-8-6-7-9-25(24)27-31-34-35-32-27/h6-9,11-14,22-23H,2-5,10,15-19,29H2,1H3,(H,31,32,34,35). The third-order valence-corrected chi connectivity index (χ3v) is 7.26. The van der Waals surface area contributed by atoms with Crippen molar-refractivity contribution < 1.29 is 0 Å². The second-order valence-corrected chi connectivity index (χ2v) is 9.96. The quantitative estimate of drug-likeness (QED) is 0.296. The highest BCUT2D eigenvalue weighted by Gasteiger charge is 2.25. The van der Waals surface area contributed by atoms with Crippen molar-refractivity contribution in [3.8, 4) is 22.5 Å². The van der Waals surface area contributed by atoms with E-state index in [1.165, 1.54) is 24.8 Å². The van der Waals surface area contributed by atoms with Crippen LogP contribution in [0.5, 0.6) is 0 Å². The largest absolute Gasteiger partial charge is 0.328 e. The van der Waals surface area contributed by atoms with E-state index >= 15 is 0 Å². The van der Waals surface area contributed by atoms with Gasteiger partial charge in [0.15, 0.2) is 11.6 Å². The summed E-state index contributed by atoms with van der Waals surface area (Å²) in [6.45, 7) is 2.97. The van der Waals surface area contributed by atoms with Gasteiger partial charge in [-0.2, -0.15) is 5.10 Å². The zero-order valence-corrected chi connectivity index (χ0v) is 21.1. The Morgan fingerprint density at radius 1 is 0.944 bits per heavy atom. The molecule has 1 aliphatic carbocycles. The summed E-state index contributed by atoms with van der Waals surface area (Å²) in [4.78, 5) is 5.05. The predicted molar refractivity (Wildman–Crippen MR) is 141 cm³/mol. The van der Waals surface area contributed by atoms with Crippen LogP contribution in [0.1, 0.15) is 81.4 Å². The van der Waals surface area contributed by atoms with E-state index in [1.807, 2.05) is 18.2 Å². The molecule has 0 bridgehead atoms. The number of hydrogen-bond donors (Lipinski definition) is 2. The third kappa shape index (κ3) is 5.70. The maximum absolute atomic E-state index is 6.18. The average Bonchev–Trinajstić information content (AvgIpc) is 3.58. The predicted octanol–water partition coefficient (Wildman–Crippen LogP) is 5.28. The maximum Gasteiger partial charge on any atom is 0.180 e. The smallest absolute Gasteiger partial charge is 0.180 e. The van der Waals surface area contributed by atoms with Crippen molar-refractivity contribution in [1.29, 1.82) is 0 Å². The summed E-state index contributed by atoms with van der Waals surface area (Å²) in [6.07, 6.45) is 10.2. The van der Waals surface area contributed by atoms with Gasteiger partial charge in [0.05, 0.1) is 6.54 Å². The van der Waals surface area contributed by atoms with Crippen LogP contribution in [0.15, 0.2) is 48.5 Å². The summed E-state index contributed by atoms with van der Waals surface area (Å²) < 4.78 is 2.15. The van der Waals surface area contributed by atoms with Gasteiger partial charge in [-0.25, -0.2) is 14.8 Å². The van der Waals surface area contributed by atoms with E-state index in [9.17, 15) is 0 Å². The molecule has 8 heteroatoms. The molecule has 2 aromatic carbocycles. The van der Waals surface area contributed by atoms with Crippen LogP contribution in [0.25, 0.3) is 22.5 Å². The fraction of sp³-hybridized carbons (Fsp3) is 0.464. The third-order valence-electron chi connectivity index (χ3n) is 7.26. The molecule has 0 amide bonds. The molecule has 3 N–H and O–H groups in total. The Labute approximate surface area is 212 Å². The lowest BCUT2D eigenvalue weighted by Gasteiger charge is -2.25. The van der Waals surface area contributed by atoms with Gasteiger partial charge in [0.25, 0.3) is 0 Å². The van der Waals surface area contributed by atoms with Crippen molar-refractivity contribution in [2.45, 2.75) is 83.2 Å². The first kappa shape index (κ1) is 24.3. The summed E-state index contributed by atoms with van der Waals surface area (Å²) in [5, 5.41) is 19.4. The molecule has 0 radical (unpaired) electrons. The van der Waals surface area contributed by atoms with E-state index in [-0.39, 0.29) is 0 Å². The van der Waals surface area contributed by atoms with Crippen LogP contribution >= 0.6 is 0 Å². The fourth-order valence-corrected chi connectivity index (χ4v) is 5.19. The zero-order chi connectivity index (χ0) is 24.7. The van der Waals surface area contributed by atoms with Gasteiger partial charge < -0.3 is 5.73 Å². The minimum absolute atomic E-state index is 0.328. The normalized spacial score (nSPS) is 17.9.